The predicted octanol–water partition coefficient (Wildman–Crippen LogP) is 2.72. The van der Waals surface area contributed by atoms with Gasteiger partial charge in [0, 0.05) is 10.2 Å². The van der Waals surface area contributed by atoms with Gasteiger partial charge in [-0.2, -0.15) is 4.98 Å². The highest BCUT2D eigenvalue weighted by molar-refractivity contribution is 9.10. The van der Waals surface area contributed by atoms with E-state index in [-0.39, 0.29) is 11.8 Å². The van der Waals surface area contributed by atoms with E-state index in [1.165, 1.54) is 0 Å². The first-order valence-electron chi connectivity index (χ1n) is 5.12. The largest absolute Gasteiger partial charge is 0.338 e. The number of anilines is 3. The Morgan fingerprint density at radius 1 is 1.33 bits per heavy atom. The van der Waals surface area contributed by atoms with E-state index >= 15 is 0 Å². The summed E-state index contributed by atoms with van der Waals surface area (Å²) in [7, 11) is 0. The van der Waals surface area contributed by atoms with Crippen LogP contribution in [0.2, 0.25) is 0 Å². The third-order valence-electron chi connectivity index (χ3n) is 2.18. The first-order valence-corrected chi connectivity index (χ1v) is 5.91. The maximum Gasteiger partial charge on any atom is 0.239 e. The van der Waals surface area contributed by atoms with Crippen molar-refractivity contribution in [3.8, 4) is 0 Å². The van der Waals surface area contributed by atoms with Gasteiger partial charge in [-0.15, -0.1) is 0 Å². The van der Waals surface area contributed by atoms with Gasteiger partial charge in [-0.1, -0.05) is 15.9 Å². The lowest BCUT2D eigenvalue weighted by atomic mass is 10.2. The normalized spacial score (nSPS) is 10.2. The van der Waals surface area contributed by atoms with E-state index in [0.717, 1.165) is 21.9 Å². The SMILES string of the molecule is Cc1cc(Br)cc(Nc2nc(NN)ncc2F)c1. The molecule has 7 heteroatoms. The van der Waals surface area contributed by atoms with Crippen molar-refractivity contribution in [3.05, 3.63) is 40.2 Å². The molecule has 1 aromatic carbocycles. The fraction of sp³-hybridized carbons (Fsp3) is 0.0909. The summed E-state index contributed by atoms with van der Waals surface area (Å²) < 4.78 is 14.4. The summed E-state index contributed by atoms with van der Waals surface area (Å²) in [5.74, 6) is 4.84. The Morgan fingerprint density at radius 3 is 2.78 bits per heavy atom. The van der Waals surface area contributed by atoms with Gasteiger partial charge in [0.25, 0.3) is 0 Å². The van der Waals surface area contributed by atoms with Crippen LogP contribution in [0, 0.1) is 12.7 Å². The lowest BCUT2D eigenvalue weighted by Crippen LogP contribution is -2.12. The van der Waals surface area contributed by atoms with Crippen molar-refractivity contribution < 1.29 is 4.39 Å². The van der Waals surface area contributed by atoms with Crippen molar-refractivity contribution >= 4 is 33.4 Å². The number of nitrogens with two attached hydrogens (primary N) is 1. The molecule has 18 heavy (non-hydrogen) atoms. The Labute approximate surface area is 112 Å². The average Bonchev–Trinajstić information content (AvgIpc) is 2.30. The van der Waals surface area contributed by atoms with E-state index in [1.54, 1.807) is 0 Å². The minimum atomic E-state index is -0.549. The molecule has 0 spiro atoms. The molecule has 2 aromatic rings. The van der Waals surface area contributed by atoms with Crippen molar-refractivity contribution in [1.82, 2.24) is 9.97 Å². The molecule has 0 unspecified atom stereocenters. The van der Waals surface area contributed by atoms with Crippen LogP contribution in [0.4, 0.5) is 21.8 Å². The molecule has 0 radical (unpaired) electrons. The van der Waals surface area contributed by atoms with Crippen LogP contribution in [0.5, 0.6) is 0 Å². The summed E-state index contributed by atoms with van der Waals surface area (Å²) >= 11 is 3.37. The van der Waals surface area contributed by atoms with E-state index in [4.69, 9.17) is 5.84 Å². The van der Waals surface area contributed by atoms with Gasteiger partial charge in [-0.25, -0.2) is 15.2 Å². The van der Waals surface area contributed by atoms with Crippen molar-refractivity contribution in [1.29, 1.82) is 0 Å². The van der Waals surface area contributed by atoms with Gasteiger partial charge in [0.1, 0.15) is 0 Å². The Bertz CT molecular complexity index is 555. The molecule has 0 aliphatic rings. The zero-order valence-electron chi connectivity index (χ0n) is 9.54. The molecule has 0 atom stereocenters. The molecule has 0 fully saturated rings. The summed E-state index contributed by atoms with van der Waals surface area (Å²) in [5.41, 5.74) is 4.03. The molecule has 1 heterocycles. The van der Waals surface area contributed by atoms with Gasteiger partial charge in [0.15, 0.2) is 11.6 Å². The first-order chi connectivity index (χ1) is 8.58. The second-order valence-electron chi connectivity index (χ2n) is 3.68. The quantitative estimate of drug-likeness (QED) is 0.600. The lowest BCUT2D eigenvalue weighted by Gasteiger charge is -2.09. The van der Waals surface area contributed by atoms with E-state index in [1.807, 2.05) is 25.1 Å². The maximum absolute atomic E-state index is 13.5. The second-order valence-corrected chi connectivity index (χ2v) is 4.59. The van der Waals surface area contributed by atoms with Crippen LogP contribution in [-0.2, 0) is 0 Å². The number of aromatic nitrogens is 2. The van der Waals surface area contributed by atoms with Crippen LogP contribution in [0.1, 0.15) is 5.56 Å². The zero-order chi connectivity index (χ0) is 13.1. The van der Waals surface area contributed by atoms with Crippen LogP contribution in [-0.4, -0.2) is 9.97 Å². The minimum Gasteiger partial charge on any atom is -0.338 e. The Kier molecular flexibility index (Phi) is 3.73. The van der Waals surface area contributed by atoms with Crippen LogP contribution < -0.4 is 16.6 Å². The molecule has 0 bridgehead atoms. The third-order valence-corrected chi connectivity index (χ3v) is 2.64. The first kappa shape index (κ1) is 12.7. The maximum atomic E-state index is 13.5. The molecule has 1 aromatic heterocycles. The van der Waals surface area contributed by atoms with Gasteiger partial charge < -0.3 is 5.32 Å². The van der Waals surface area contributed by atoms with Gasteiger partial charge in [-0.05, 0) is 30.7 Å². The van der Waals surface area contributed by atoms with Crippen LogP contribution in [0.25, 0.3) is 0 Å². The van der Waals surface area contributed by atoms with Gasteiger partial charge >= 0.3 is 0 Å². The van der Waals surface area contributed by atoms with E-state index in [0.29, 0.717) is 0 Å². The summed E-state index contributed by atoms with van der Waals surface area (Å²) in [6, 6.07) is 5.65. The molecule has 0 aliphatic carbocycles. The van der Waals surface area contributed by atoms with Crippen molar-refractivity contribution in [3.63, 3.8) is 0 Å². The standard InChI is InChI=1S/C11H11BrFN5/c1-6-2-7(12)4-8(3-6)16-10-9(13)5-15-11(17-10)18-14/h2-5H,14H2,1H3,(H2,15,16,17,18). The number of rotatable bonds is 3. The van der Waals surface area contributed by atoms with E-state index in [2.05, 4.69) is 36.6 Å². The van der Waals surface area contributed by atoms with Crippen molar-refractivity contribution in [2.24, 2.45) is 5.84 Å². The van der Waals surface area contributed by atoms with Gasteiger partial charge in [0.05, 0.1) is 6.20 Å². The van der Waals surface area contributed by atoms with Gasteiger partial charge in [-0.3, -0.25) is 5.43 Å². The number of aryl methyl sites for hydroxylation is 1. The minimum absolute atomic E-state index is 0.0652. The molecular weight excluding hydrogens is 301 g/mol. The second kappa shape index (κ2) is 5.28. The summed E-state index contributed by atoms with van der Waals surface area (Å²) in [6.07, 6.45) is 1.05. The number of halogens is 2. The summed E-state index contributed by atoms with van der Waals surface area (Å²) in [4.78, 5) is 7.56. The molecule has 4 N–H and O–H groups in total. The van der Waals surface area contributed by atoms with Crippen LogP contribution >= 0.6 is 15.9 Å². The van der Waals surface area contributed by atoms with Crippen molar-refractivity contribution in [2.75, 3.05) is 10.7 Å². The number of benzene rings is 1. The van der Waals surface area contributed by atoms with Crippen LogP contribution in [0.3, 0.4) is 0 Å². The molecule has 0 saturated carbocycles. The Morgan fingerprint density at radius 2 is 2.11 bits per heavy atom. The highest BCUT2D eigenvalue weighted by Gasteiger charge is 2.07. The third kappa shape index (κ3) is 2.93. The number of hydrogen-bond acceptors (Lipinski definition) is 5. The topological polar surface area (TPSA) is 75.9 Å². The smallest absolute Gasteiger partial charge is 0.239 e. The monoisotopic (exact) mass is 311 g/mol. The predicted molar refractivity (Wildman–Crippen MR) is 72.0 cm³/mol. The highest BCUT2D eigenvalue weighted by Crippen LogP contribution is 2.23. The van der Waals surface area contributed by atoms with Gasteiger partial charge in [0.2, 0.25) is 5.95 Å². The fourth-order valence-corrected chi connectivity index (χ4v) is 2.08. The average molecular weight is 312 g/mol. The number of nitrogen functional groups attached to an aromatic ring is 1. The fourth-order valence-electron chi connectivity index (χ4n) is 1.47. The number of nitrogens with one attached hydrogen (secondary N) is 2. The molecule has 0 aliphatic heterocycles. The molecule has 94 valence electrons. The molecule has 2 rings (SSSR count). The summed E-state index contributed by atoms with van der Waals surface area (Å²) in [5, 5.41) is 2.88. The molecule has 0 amide bonds. The number of hydrogen-bond donors (Lipinski definition) is 3. The number of hydrazine groups is 1. The van der Waals surface area contributed by atoms with E-state index < -0.39 is 5.82 Å². The Hall–Kier alpha value is -1.73. The number of nitrogens with zero attached hydrogens (tertiary/aromatic N) is 2. The van der Waals surface area contributed by atoms with E-state index in [9.17, 15) is 4.39 Å². The molecule has 5 nitrogen and oxygen atoms in total. The van der Waals surface area contributed by atoms with Crippen molar-refractivity contribution in [2.45, 2.75) is 6.92 Å². The highest BCUT2D eigenvalue weighted by atomic mass is 79.9. The molecular formula is C11H11BrFN5. The van der Waals surface area contributed by atoms with Crippen LogP contribution in [0.15, 0.2) is 28.9 Å². The Balaban J connectivity index is 2.33. The molecule has 0 saturated heterocycles. The zero-order valence-corrected chi connectivity index (χ0v) is 11.1. The summed E-state index contributed by atoms with van der Waals surface area (Å²) in [6.45, 7) is 1.94. The lowest BCUT2D eigenvalue weighted by molar-refractivity contribution is 0.619.